The Morgan fingerprint density at radius 2 is 1.58 bits per heavy atom. The van der Waals surface area contributed by atoms with Gasteiger partial charge in [-0.2, -0.15) is 11.8 Å². The Hall–Kier alpha value is -2.67. The van der Waals surface area contributed by atoms with Crippen LogP contribution in [0.3, 0.4) is 0 Å². The summed E-state index contributed by atoms with van der Waals surface area (Å²) in [5.74, 6) is 2.04. The fourth-order valence-corrected chi connectivity index (χ4v) is 3.56. The Morgan fingerprint density at radius 1 is 0.909 bits per heavy atom. The number of hydrogen-bond acceptors (Lipinski definition) is 6. The van der Waals surface area contributed by atoms with Gasteiger partial charge in [0.05, 0.1) is 20.6 Å². The van der Waals surface area contributed by atoms with Crippen LogP contribution in [0.15, 0.2) is 36.4 Å². The topological polar surface area (TPSA) is 73.9 Å². The number of anilines is 1. The van der Waals surface area contributed by atoms with E-state index in [1.54, 1.807) is 31.0 Å². The summed E-state index contributed by atoms with van der Waals surface area (Å²) in [5.41, 5.74) is 1.93. The molecule has 0 aliphatic carbocycles. The molecule has 0 unspecified atom stereocenters. The number of methoxy groups -OCH3 is 2. The van der Waals surface area contributed by atoms with Gasteiger partial charge in [0.2, 0.25) is 5.91 Å². The monoisotopic (exact) mass is 473 g/mol. The standard InChI is InChI=1S/C26H35NO5S/c1-25(2,3)24(29)27-19-10-12-20(18(15-19)16-33-26(4,5)6)32-22-13-17(14-23(28)31-8)9-11-21(22)30-7/h9-13,15H,14,16H2,1-8H3,(H,27,29). The molecule has 0 radical (unpaired) electrons. The molecule has 2 rings (SSSR count). The lowest BCUT2D eigenvalue weighted by Gasteiger charge is -2.21. The number of hydrogen-bond donors (Lipinski definition) is 1. The first-order valence-corrected chi connectivity index (χ1v) is 11.8. The highest BCUT2D eigenvalue weighted by atomic mass is 32.2. The Bertz CT molecular complexity index is 989. The van der Waals surface area contributed by atoms with E-state index >= 15 is 0 Å². The van der Waals surface area contributed by atoms with Gasteiger partial charge in [-0.3, -0.25) is 9.59 Å². The maximum Gasteiger partial charge on any atom is 0.309 e. The third-order valence-corrected chi connectivity index (χ3v) is 6.01. The summed E-state index contributed by atoms with van der Waals surface area (Å²) in [5, 5.41) is 2.99. The lowest BCUT2D eigenvalue weighted by molar-refractivity contribution is -0.139. The van der Waals surface area contributed by atoms with Crippen LogP contribution in [0.5, 0.6) is 17.2 Å². The zero-order valence-electron chi connectivity index (χ0n) is 20.8. The van der Waals surface area contributed by atoms with Crippen molar-refractivity contribution in [1.29, 1.82) is 0 Å². The van der Waals surface area contributed by atoms with Crippen molar-refractivity contribution in [2.75, 3.05) is 19.5 Å². The zero-order valence-corrected chi connectivity index (χ0v) is 21.6. The molecule has 0 saturated heterocycles. The van der Waals surface area contributed by atoms with E-state index in [9.17, 15) is 9.59 Å². The van der Waals surface area contributed by atoms with Gasteiger partial charge in [0, 0.05) is 27.2 Å². The van der Waals surface area contributed by atoms with Crippen LogP contribution >= 0.6 is 11.8 Å². The summed E-state index contributed by atoms with van der Waals surface area (Å²) in [6, 6.07) is 11.0. The summed E-state index contributed by atoms with van der Waals surface area (Å²) in [6.45, 7) is 12.1. The molecule has 0 fully saturated rings. The van der Waals surface area contributed by atoms with Crippen molar-refractivity contribution in [2.45, 2.75) is 58.5 Å². The van der Waals surface area contributed by atoms with E-state index in [1.807, 2.05) is 45.0 Å². The second-order valence-electron chi connectivity index (χ2n) is 9.77. The highest BCUT2D eigenvalue weighted by Gasteiger charge is 2.22. The normalized spacial score (nSPS) is 11.6. The van der Waals surface area contributed by atoms with E-state index in [0.29, 0.717) is 23.0 Å². The average molecular weight is 474 g/mol. The third kappa shape index (κ3) is 8.31. The maximum absolute atomic E-state index is 12.5. The van der Waals surface area contributed by atoms with Crippen LogP contribution in [0.1, 0.15) is 52.7 Å². The predicted molar refractivity (Wildman–Crippen MR) is 134 cm³/mol. The lowest BCUT2D eigenvalue weighted by atomic mass is 9.95. The summed E-state index contributed by atoms with van der Waals surface area (Å²) in [6.07, 6.45) is 0.140. The molecule has 1 amide bonds. The second kappa shape index (κ2) is 11.0. The van der Waals surface area contributed by atoms with Gasteiger partial charge in [0.1, 0.15) is 5.75 Å². The largest absolute Gasteiger partial charge is 0.493 e. The molecule has 0 aliphatic heterocycles. The number of ether oxygens (including phenoxy) is 3. The molecule has 0 aliphatic rings. The smallest absolute Gasteiger partial charge is 0.309 e. The Kier molecular flexibility index (Phi) is 8.83. The fourth-order valence-electron chi connectivity index (χ4n) is 2.75. The SMILES string of the molecule is COC(=O)Cc1ccc(OC)c(Oc2ccc(NC(=O)C(C)(C)C)cc2CSC(C)(C)C)c1. The maximum atomic E-state index is 12.5. The zero-order chi connectivity index (χ0) is 24.8. The number of carbonyl (C=O) groups excluding carboxylic acids is 2. The van der Waals surface area contributed by atoms with Crippen LogP contribution in [-0.4, -0.2) is 30.8 Å². The number of carbonyl (C=O) groups is 2. The number of benzene rings is 2. The number of amides is 1. The summed E-state index contributed by atoms with van der Waals surface area (Å²) < 4.78 is 16.6. The molecule has 2 aromatic carbocycles. The molecule has 0 bridgehead atoms. The van der Waals surface area contributed by atoms with Crippen molar-refractivity contribution in [2.24, 2.45) is 5.41 Å². The van der Waals surface area contributed by atoms with Gasteiger partial charge in [0.15, 0.2) is 11.5 Å². The minimum Gasteiger partial charge on any atom is -0.493 e. The average Bonchev–Trinajstić information content (AvgIpc) is 2.72. The molecule has 33 heavy (non-hydrogen) atoms. The minimum atomic E-state index is -0.497. The van der Waals surface area contributed by atoms with Crippen molar-refractivity contribution >= 4 is 29.3 Å². The van der Waals surface area contributed by atoms with E-state index in [-0.39, 0.29) is 23.0 Å². The van der Waals surface area contributed by atoms with E-state index in [0.717, 1.165) is 16.8 Å². The first-order chi connectivity index (χ1) is 15.3. The van der Waals surface area contributed by atoms with Gasteiger partial charge in [-0.05, 0) is 35.9 Å². The van der Waals surface area contributed by atoms with Crippen molar-refractivity contribution in [1.82, 2.24) is 0 Å². The molecule has 0 heterocycles. The molecule has 2 aromatic rings. The highest BCUT2D eigenvalue weighted by Crippen LogP contribution is 2.38. The van der Waals surface area contributed by atoms with Crippen molar-refractivity contribution in [3.05, 3.63) is 47.5 Å². The van der Waals surface area contributed by atoms with Crippen molar-refractivity contribution < 1.29 is 23.8 Å². The summed E-state index contributed by atoms with van der Waals surface area (Å²) in [7, 11) is 2.94. The van der Waals surface area contributed by atoms with Crippen LogP contribution in [0, 0.1) is 5.41 Å². The van der Waals surface area contributed by atoms with Gasteiger partial charge >= 0.3 is 5.97 Å². The van der Waals surface area contributed by atoms with Crippen LogP contribution in [-0.2, 0) is 26.5 Å². The van der Waals surface area contributed by atoms with Crippen LogP contribution in [0.2, 0.25) is 0 Å². The molecule has 0 saturated carbocycles. The van der Waals surface area contributed by atoms with Gasteiger partial charge < -0.3 is 19.5 Å². The van der Waals surface area contributed by atoms with Crippen LogP contribution in [0.4, 0.5) is 5.69 Å². The van der Waals surface area contributed by atoms with Gasteiger partial charge in [-0.15, -0.1) is 0 Å². The first kappa shape index (κ1) is 26.6. The molecule has 180 valence electrons. The van der Waals surface area contributed by atoms with E-state index < -0.39 is 5.41 Å². The molecule has 1 N–H and O–H groups in total. The highest BCUT2D eigenvalue weighted by molar-refractivity contribution is 7.99. The van der Waals surface area contributed by atoms with Crippen LogP contribution < -0.4 is 14.8 Å². The predicted octanol–water partition coefficient (Wildman–Crippen LogP) is 6.22. The number of nitrogens with one attached hydrogen (secondary N) is 1. The summed E-state index contributed by atoms with van der Waals surface area (Å²) >= 11 is 1.78. The molecule has 7 heteroatoms. The Labute approximate surface area is 201 Å². The van der Waals surface area contributed by atoms with Gasteiger partial charge in [0.25, 0.3) is 0 Å². The molecule has 0 atom stereocenters. The summed E-state index contributed by atoms with van der Waals surface area (Å²) in [4.78, 5) is 24.2. The molecule has 0 aromatic heterocycles. The number of rotatable bonds is 8. The van der Waals surface area contributed by atoms with Crippen LogP contribution in [0.25, 0.3) is 0 Å². The molecular formula is C26H35NO5S. The van der Waals surface area contributed by atoms with E-state index in [4.69, 9.17) is 14.2 Å². The van der Waals surface area contributed by atoms with Gasteiger partial charge in [-0.1, -0.05) is 47.6 Å². The van der Waals surface area contributed by atoms with Crippen molar-refractivity contribution in [3.63, 3.8) is 0 Å². The van der Waals surface area contributed by atoms with E-state index in [2.05, 4.69) is 26.1 Å². The van der Waals surface area contributed by atoms with Crippen molar-refractivity contribution in [3.8, 4) is 17.2 Å². The fraction of sp³-hybridized carbons (Fsp3) is 0.462. The molecular weight excluding hydrogens is 438 g/mol. The molecule has 6 nitrogen and oxygen atoms in total. The first-order valence-electron chi connectivity index (χ1n) is 10.8. The van der Waals surface area contributed by atoms with E-state index in [1.165, 1.54) is 7.11 Å². The quantitative estimate of drug-likeness (QED) is 0.459. The second-order valence-corrected chi connectivity index (χ2v) is 11.6. The molecule has 0 spiro atoms. The third-order valence-electron chi connectivity index (χ3n) is 4.68. The van der Waals surface area contributed by atoms with Gasteiger partial charge in [-0.25, -0.2) is 0 Å². The lowest BCUT2D eigenvalue weighted by Crippen LogP contribution is -2.27. The Balaban J connectivity index is 2.40. The Morgan fingerprint density at radius 3 is 2.15 bits per heavy atom. The minimum absolute atomic E-state index is 0.0530. The number of thioether (sulfide) groups is 1. The number of esters is 1.